The van der Waals surface area contributed by atoms with Crippen molar-refractivity contribution in [1.82, 2.24) is 10.2 Å². The summed E-state index contributed by atoms with van der Waals surface area (Å²) in [6.45, 7) is 11.1. The molecule has 0 fully saturated rings. The summed E-state index contributed by atoms with van der Waals surface area (Å²) in [7, 11) is 0. The minimum atomic E-state index is -0.881. The van der Waals surface area contributed by atoms with E-state index in [0.717, 1.165) is 6.42 Å². The van der Waals surface area contributed by atoms with Crippen LogP contribution in [-0.4, -0.2) is 41.1 Å². The standard InChI is InChI=1S/C16H32N2O3/c1-6-7-8-10-16(4,5)12-17-15(21)18(13(2)3)11-9-14(19)20/h13H,6-12H2,1-5H3,(H,17,21)(H,19,20). The molecule has 0 unspecified atom stereocenters. The number of hydrogen-bond acceptors (Lipinski definition) is 2. The Labute approximate surface area is 129 Å². The molecule has 0 aliphatic carbocycles. The van der Waals surface area contributed by atoms with E-state index in [9.17, 15) is 9.59 Å². The molecule has 0 aromatic heterocycles. The summed E-state index contributed by atoms with van der Waals surface area (Å²) in [5.74, 6) is -0.881. The maximum Gasteiger partial charge on any atom is 0.317 e. The first-order valence-electron chi connectivity index (χ1n) is 7.96. The lowest BCUT2D eigenvalue weighted by Gasteiger charge is -2.30. The van der Waals surface area contributed by atoms with Crippen molar-refractivity contribution < 1.29 is 14.7 Å². The Kier molecular flexibility index (Phi) is 9.06. The third-order valence-corrected chi connectivity index (χ3v) is 3.63. The summed E-state index contributed by atoms with van der Waals surface area (Å²) < 4.78 is 0. The molecule has 2 N–H and O–H groups in total. The average molecular weight is 300 g/mol. The van der Waals surface area contributed by atoms with Gasteiger partial charge in [0.1, 0.15) is 0 Å². The minimum Gasteiger partial charge on any atom is -0.481 e. The number of rotatable bonds is 10. The molecule has 0 saturated heterocycles. The predicted molar refractivity (Wildman–Crippen MR) is 85.4 cm³/mol. The second-order valence-corrected chi connectivity index (χ2v) is 6.71. The van der Waals surface area contributed by atoms with E-state index in [4.69, 9.17) is 5.11 Å². The number of unbranched alkanes of at least 4 members (excludes halogenated alkanes) is 2. The molecule has 21 heavy (non-hydrogen) atoms. The number of carboxylic acids is 1. The van der Waals surface area contributed by atoms with Crippen molar-refractivity contribution in [3.05, 3.63) is 0 Å². The first-order valence-corrected chi connectivity index (χ1v) is 7.96. The minimum absolute atomic E-state index is 0.00689. The number of nitrogens with zero attached hydrogens (tertiary/aromatic N) is 1. The van der Waals surface area contributed by atoms with Crippen LogP contribution in [0.4, 0.5) is 4.79 Å². The molecule has 124 valence electrons. The lowest BCUT2D eigenvalue weighted by molar-refractivity contribution is -0.137. The maximum absolute atomic E-state index is 12.2. The Morgan fingerprint density at radius 3 is 2.33 bits per heavy atom. The number of urea groups is 1. The van der Waals surface area contributed by atoms with Crippen LogP contribution in [-0.2, 0) is 4.79 Å². The molecular weight excluding hydrogens is 268 g/mol. The molecule has 5 nitrogen and oxygen atoms in total. The van der Waals surface area contributed by atoms with Crippen LogP contribution in [0.15, 0.2) is 0 Å². The van der Waals surface area contributed by atoms with E-state index in [0.29, 0.717) is 6.54 Å². The van der Waals surface area contributed by atoms with Crippen LogP contribution < -0.4 is 5.32 Å². The van der Waals surface area contributed by atoms with Gasteiger partial charge in [-0.15, -0.1) is 0 Å². The first kappa shape index (κ1) is 19.7. The number of carbonyl (C=O) groups excluding carboxylic acids is 1. The largest absolute Gasteiger partial charge is 0.481 e. The van der Waals surface area contributed by atoms with Gasteiger partial charge in [-0.25, -0.2) is 4.79 Å². The molecule has 0 atom stereocenters. The second-order valence-electron chi connectivity index (χ2n) is 6.71. The fraction of sp³-hybridized carbons (Fsp3) is 0.875. The molecule has 0 aliphatic heterocycles. The summed E-state index contributed by atoms with van der Waals surface area (Å²) in [6, 6.07) is -0.178. The van der Waals surface area contributed by atoms with Crippen molar-refractivity contribution in [2.45, 2.75) is 72.8 Å². The van der Waals surface area contributed by atoms with Crippen LogP contribution in [0.2, 0.25) is 0 Å². The maximum atomic E-state index is 12.2. The Bertz CT molecular complexity index is 327. The van der Waals surface area contributed by atoms with E-state index < -0.39 is 5.97 Å². The van der Waals surface area contributed by atoms with Gasteiger partial charge in [0, 0.05) is 19.1 Å². The summed E-state index contributed by atoms with van der Waals surface area (Å²) in [5.41, 5.74) is 0.0697. The van der Waals surface area contributed by atoms with Crippen LogP contribution in [0.5, 0.6) is 0 Å². The fourth-order valence-electron chi connectivity index (χ4n) is 2.17. The van der Waals surface area contributed by atoms with Gasteiger partial charge in [-0.05, 0) is 25.7 Å². The molecule has 0 aliphatic rings. The summed E-state index contributed by atoms with van der Waals surface area (Å²) in [5, 5.41) is 11.7. The highest BCUT2D eigenvalue weighted by molar-refractivity contribution is 5.75. The van der Waals surface area contributed by atoms with Gasteiger partial charge in [0.2, 0.25) is 0 Å². The Morgan fingerprint density at radius 1 is 1.24 bits per heavy atom. The van der Waals surface area contributed by atoms with Crippen molar-refractivity contribution in [2.75, 3.05) is 13.1 Å². The zero-order valence-corrected chi connectivity index (χ0v) is 14.2. The highest BCUT2D eigenvalue weighted by Crippen LogP contribution is 2.22. The predicted octanol–water partition coefficient (Wildman–Crippen LogP) is 3.49. The molecule has 0 saturated carbocycles. The average Bonchev–Trinajstić information content (AvgIpc) is 2.36. The topological polar surface area (TPSA) is 69.6 Å². The summed E-state index contributed by atoms with van der Waals surface area (Å²) in [4.78, 5) is 24.4. The van der Waals surface area contributed by atoms with E-state index in [1.54, 1.807) is 4.90 Å². The van der Waals surface area contributed by atoms with Crippen LogP contribution in [0.3, 0.4) is 0 Å². The Balaban J connectivity index is 4.32. The van der Waals surface area contributed by atoms with Gasteiger partial charge in [-0.3, -0.25) is 4.79 Å². The molecule has 0 aromatic carbocycles. The molecular formula is C16H32N2O3. The van der Waals surface area contributed by atoms with E-state index >= 15 is 0 Å². The quantitative estimate of drug-likeness (QED) is 0.607. The fourth-order valence-corrected chi connectivity index (χ4v) is 2.17. The van der Waals surface area contributed by atoms with Gasteiger partial charge in [0.05, 0.1) is 6.42 Å². The van der Waals surface area contributed by atoms with Crippen molar-refractivity contribution in [3.8, 4) is 0 Å². The van der Waals surface area contributed by atoms with Gasteiger partial charge >= 0.3 is 12.0 Å². The molecule has 0 bridgehead atoms. The van der Waals surface area contributed by atoms with Crippen molar-refractivity contribution in [2.24, 2.45) is 5.41 Å². The van der Waals surface area contributed by atoms with Gasteiger partial charge < -0.3 is 15.3 Å². The third-order valence-electron chi connectivity index (χ3n) is 3.63. The Hall–Kier alpha value is -1.26. The van der Waals surface area contributed by atoms with Gasteiger partial charge in [-0.2, -0.15) is 0 Å². The van der Waals surface area contributed by atoms with E-state index in [1.165, 1.54) is 19.3 Å². The first-order chi connectivity index (χ1) is 9.69. The molecule has 0 aromatic rings. The number of nitrogens with one attached hydrogen (secondary N) is 1. The van der Waals surface area contributed by atoms with Crippen molar-refractivity contribution >= 4 is 12.0 Å². The number of hydrogen-bond donors (Lipinski definition) is 2. The summed E-state index contributed by atoms with van der Waals surface area (Å²) >= 11 is 0. The summed E-state index contributed by atoms with van der Waals surface area (Å²) in [6.07, 6.45) is 4.64. The van der Waals surface area contributed by atoms with Crippen LogP contribution in [0.25, 0.3) is 0 Å². The van der Waals surface area contributed by atoms with Gasteiger partial charge in [0.15, 0.2) is 0 Å². The molecule has 5 heteroatoms. The van der Waals surface area contributed by atoms with Crippen molar-refractivity contribution in [1.29, 1.82) is 0 Å². The van der Waals surface area contributed by atoms with Gasteiger partial charge in [0.25, 0.3) is 0 Å². The lowest BCUT2D eigenvalue weighted by Crippen LogP contribution is -2.47. The van der Waals surface area contributed by atoms with Crippen LogP contribution in [0.1, 0.15) is 66.7 Å². The molecule has 0 radical (unpaired) electrons. The highest BCUT2D eigenvalue weighted by Gasteiger charge is 2.22. The monoisotopic (exact) mass is 300 g/mol. The zero-order valence-electron chi connectivity index (χ0n) is 14.2. The van der Waals surface area contributed by atoms with E-state index in [-0.39, 0.29) is 30.5 Å². The van der Waals surface area contributed by atoms with Crippen LogP contribution >= 0.6 is 0 Å². The molecule has 0 spiro atoms. The third kappa shape index (κ3) is 9.32. The SMILES string of the molecule is CCCCCC(C)(C)CNC(=O)N(CCC(=O)O)C(C)C. The molecule has 2 amide bonds. The molecule has 0 heterocycles. The normalized spacial score (nSPS) is 11.5. The number of amides is 2. The number of carbonyl (C=O) groups is 2. The van der Waals surface area contributed by atoms with Gasteiger partial charge in [-0.1, -0.05) is 40.0 Å². The van der Waals surface area contributed by atoms with Crippen LogP contribution in [0, 0.1) is 5.41 Å². The lowest BCUT2D eigenvalue weighted by atomic mass is 9.87. The Morgan fingerprint density at radius 2 is 1.86 bits per heavy atom. The highest BCUT2D eigenvalue weighted by atomic mass is 16.4. The van der Waals surface area contributed by atoms with E-state index in [2.05, 4.69) is 26.1 Å². The smallest absolute Gasteiger partial charge is 0.317 e. The zero-order chi connectivity index (χ0) is 16.5. The second kappa shape index (κ2) is 9.64. The van der Waals surface area contributed by atoms with E-state index in [1.807, 2.05) is 13.8 Å². The molecule has 0 rings (SSSR count). The van der Waals surface area contributed by atoms with Crippen molar-refractivity contribution in [3.63, 3.8) is 0 Å². The number of carboxylic acid groups (broad SMARTS) is 1. The number of aliphatic carboxylic acids is 1.